The van der Waals surface area contributed by atoms with Crippen molar-refractivity contribution in [2.45, 2.75) is 32.4 Å². The fourth-order valence-electron chi connectivity index (χ4n) is 0.738. The standard InChI is InChI=1S/C7H13F3N4/c1-5(13-14-6(11)12)3-2-4-7(8,9)10/h2-4H2,1H3,(H4,11,12,14). The quantitative estimate of drug-likeness (QED) is 0.417. The van der Waals surface area contributed by atoms with Crippen LogP contribution in [0.4, 0.5) is 13.2 Å². The maximum Gasteiger partial charge on any atom is 0.389 e. The van der Waals surface area contributed by atoms with Crippen LogP contribution in [0, 0.1) is 0 Å². The number of nitrogens with two attached hydrogens (primary N) is 2. The summed E-state index contributed by atoms with van der Waals surface area (Å²) in [5.41, 5.74) is 10.4. The summed E-state index contributed by atoms with van der Waals surface area (Å²) >= 11 is 0. The van der Waals surface area contributed by atoms with Gasteiger partial charge in [0.2, 0.25) is 5.96 Å². The van der Waals surface area contributed by atoms with E-state index in [1.165, 1.54) is 0 Å². The van der Waals surface area contributed by atoms with E-state index in [9.17, 15) is 13.2 Å². The van der Waals surface area contributed by atoms with Gasteiger partial charge in [0.25, 0.3) is 0 Å². The van der Waals surface area contributed by atoms with Gasteiger partial charge in [0.15, 0.2) is 0 Å². The van der Waals surface area contributed by atoms with E-state index >= 15 is 0 Å². The zero-order valence-corrected chi connectivity index (χ0v) is 7.80. The minimum absolute atomic E-state index is 0.00116. The SMILES string of the molecule is CC(CCCC(F)(F)F)=NN=C(N)N. The van der Waals surface area contributed by atoms with Crippen LogP contribution in [0.5, 0.6) is 0 Å². The Kier molecular flexibility index (Phi) is 4.96. The molecule has 0 bridgehead atoms. The lowest BCUT2D eigenvalue weighted by Gasteiger charge is -2.04. The average Bonchev–Trinajstić information content (AvgIpc) is 1.98. The molecule has 0 saturated heterocycles. The Morgan fingerprint density at radius 1 is 1.21 bits per heavy atom. The lowest BCUT2D eigenvalue weighted by atomic mass is 10.2. The summed E-state index contributed by atoms with van der Waals surface area (Å²) < 4.78 is 35.1. The Morgan fingerprint density at radius 3 is 2.21 bits per heavy atom. The molecule has 0 aliphatic heterocycles. The molecule has 0 aromatic carbocycles. The van der Waals surface area contributed by atoms with Crippen molar-refractivity contribution >= 4 is 11.7 Å². The lowest BCUT2D eigenvalue weighted by Crippen LogP contribution is -2.22. The van der Waals surface area contributed by atoms with Crippen molar-refractivity contribution < 1.29 is 13.2 Å². The van der Waals surface area contributed by atoms with Gasteiger partial charge in [-0.25, -0.2) is 0 Å². The maximum absolute atomic E-state index is 11.7. The summed E-state index contributed by atoms with van der Waals surface area (Å²) in [6.07, 6.45) is -4.70. The van der Waals surface area contributed by atoms with Gasteiger partial charge in [-0.2, -0.15) is 18.3 Å². The molecule has 0 saturated carbocycles. The molecular formula is C7H13F3N4. The molecule has 0 rings (SSSR count). The third kappa shape index (κ3) is 8.82. The number of halogens is 3. The van der Waals surface area contributed by atoms with E-state index in [-0.39, 0.29) is 18.8 Å². The van der Waals surface area contributed by atoms with Gasteiger partial charge in [-0.3, -0.25) is 0 Å². The number of hydrogen-bond donors (Lipinski definition) is 2. The fraction of sp³-hybridized carbons (Fsp3) is 0.714. The number of alkyl halides is 3. The van der Waals surface area contributed by atoms with Crippen molar-refractivity contribution in [3.8, 4) is 0 Å². The van der Waals surface area contributed by atoms with Crippen LogP contribution in [-0.4, -0.2) is 17.8 Å². The van der Waals surface area contributed by atoms with Gasteiger partial charge in [0.05, 0.1) is 0 Å². The van der Waals surface area contributed by atoms with Crippen LogP contribution in [0.3, 0.4) is 0 Å². The Labute approximate surface area is 79.9 Å². The first kappa shape index (κ1) is 12.7. The van der Waals surface area contributed by atoms with Crippen LogP contribution in [0.25, 0.3) is 0 Å². The van der Waals surface area contributed by atoms with Crippen LogP contribution in [0.1, 0.15) is 26.2 Å². The fourth-order valence-corrected chi connectivity index (χ4v) is 0.738. The molecule has 4 N–H and O–H groups in total. The molecule has 0 aromatic heterocycles. The predicted octanol–water partition coefficient (Wildman–Crippen LogP) is 1.37. The van der Waals surface area contributed by atoms with Crippen LogP contribution < -0.4 is 11.5 Å². The summed E-state index contributed by atoms with van der Waals surface area (Å²) in [7, 11) is 0. The summed E-state index contributed by atoms with van der Waals surface area (Å²) in [5, 5.41) is 6.85. The zero-order chi connectivity index (χ0) is 11.2. The van der Waals surface area contributed by atoms with Crippen molar-refractivity contribution in [2.75, 3.05) is 0 Å². The molecule has 0 aliphatic rings. The zero-order valence-electron chi connectivity index (χ0n) is 7.80. The molecule has 82 valence electrons. The first-order valence-corrected chi connectivity index (χ1v) is 4.00. The summed E-state index contributed by atoms with van der Waals surface area (Å²) in [6.45, 7) is 1.57. The molecule has 14 heavy (non-hydrogen) atoms. The Balaban J connectivity index is 3.80. The lowest BCUT2D eigenvalue weighted by molar-refractivity contribution is -0.135. The molecule has 0 radical (unpaired) electrons. The van der Waals surface area contributed by atoms with E-state index in [0.717, 1.165) is 0 Å². The van der Waals surface area contributed by atoms with E-state index in [2.05, 4.69) is 10.2 Å². The number of rotatable bonds is 4. The maximum atomic E-state index is 11.7. The Morgan fingerprint density at radius 2 is 1.79 bits per heavy atom. The van der Waals surface area contributed by atoms with Crippen molar-refractivity contribution in [1.82, 2.24) is 0 Å². The van der Waals surface area contributed by atoms with Gasteiger partial charge < -0.3 is 11.5 Å². The topological polar surface area (TPSA) is 76.8 Å². The van der Waals surface area contributed by atoms with Crippen molar-refractivity contribution in [2.24, 2.45) is 21.7 Å². The van der Waals surface area contributed by atoms with E-state index in [0.29, 0.717) is 5.71 Å². The normalized spacial score (nSPS) is 12.7. The third-order valence-corrected chi connectivity index (χ3v) is 1.34. The van der Waals surface area contributed by atoms with E-state index in [1.807, 2.05) is 0 Å². The first-order chi connectivity index (χ1) is 6.31. The van der Waals surface area contributed by atoms with E-state index in [1.54, 1.807) is 6.92 Å². The Bertz CT molecular complexity index is 228. The van der Waals surface area contributed by atoms with Crippen molar-refractivity contribution in [3.63, 3.8) is 0 Å². The molecule has 0 aromatic rings. The second-order valence-electron chi connectivity index (χ2n) is 2.83. The molecule has 7 heteroatoms. The van der Waals surface area contributed by atoms with E-state index in [4.69, 9.17) is 11.5 Å². The molecule has 0 spiro atoms. The molecule has 0 atom stereocenters. The summed E-state index contributed by atoms with van der Waals surface area (Å²) in [5.74, 6) is -0.208. The summed E-state index contributed by atoms with van der Waals surface area (Å²) in [4.78, 5) is 0. The minimum atomic E-state index is -4.11. The molecule has 4 nitrogen and oxygen atoms in total. The van der Waals surface area contributed by atoms with Gasteiger partial charge >= 0.3 is 6.18 Å². The number of guanidine groups is 1. The highest BCUT2D eigenvalue weighted by Crippen LogP contribution is 2.22. The summed E-state index contributed by atoms with van der Waals surface area (Å²) in [6, 6.07) is 0. The van der Waals surface area contributed by atoms with Crippen molar-refractivity contribution in [1.29, 1.82) is 0 Å². The molecular weight excluding hydrogens is 197 g/mol. The molecule has 0 heterocycles. The first-order valence-electron chi connectivity index (χ1n) is 4.00. The van der Waals surface area contributed by atoms with Gasteiger partial charge in [-0.15, -0.1) is 5.10 Å². The number of hydrogen-bond acceptors (Lipinski definition) is 2. The van der Waals surface area contributed by atoms with Gasteiger partial charge in [-0.1, -0.05) is 0 Å². The highest BCUT2D eigenvalue weighted by Gasteiger charge is 2.25. The van der Waals surface area contributed by atoms with Crippen LogP contribution >= 0.6 is 0 Å². The number of nitrogens with zero attached hydrogens (tertiary/aromatic N) is 2. The van der Waals surface area contributed by atoms with Crippen LogP contribution in [0.15, 0.2) is 10.2 Å². The second kappa shape index (κ2) is 5.46. The largest absolute Gasteiger partial charge is 0.389 e. The van der Waals surface area contributed by atoms with Crippen LogP contribution in [-0.2, 0) is 0 Å². The minimum Gasteiger partial charge on any atom is -0.369 e. The molecule has 0 unspecified atom stereocenters. The third-order valence-electron chi connectivity index (χ3n) is 1.34. The molecule has 0 fully saturated rings. The van der Waals surface area contributed by atoms with Gasteiger partial charge in [0, 0.05) is 12.1 Å². The van der Waals surface area contributed by atoms with Gasteiger partial charge in [-0.05, 0) is 19.8 Å². The highest BCUT2D eigenvalue weighted by atomic mass is 19.4. The Hall–Kier alpha value is -1.27. The smallest absolute Gasteiger partial charge is 0.369 e. The van der Waals surface area contributed by atoms with Crippen molar-refractivity contribution in [3.05, 3.63) is 0 Å². The average molecular weight is 210 g/mol. The highest BCUT2D eigenvalue weighted by molar-refractivity contribution is 5.83. The monoisotopic (exact) mass is 210 g/mol. The predicted molar refractivity (Wildman–Crippen MR) is 48.8 cm³/mol. The van der Waals surface area contributed by atoms with Crippen LogP contribution in [0.2, 0.25) is 0 Å². The van der Waals surface area contributed by atoms with Gasteiger partial charge in [0.1, 0.15) is 0 Å². The molecule has 0 amide bonds. The second-order valence-corrected chi connectivity index (χ2v) is 2.83. The van der Waals surface area contributed by atoms with E-state index < -0.39 is 12.6 Å². The molecule has 0 aliphatic carbocycles.